The highest BCUT2D eigenvalue weighted by Gasteiger charge is 2.27. The molecule has 0 amide bonds. The number of benzene rings is 1. The number of aliphatic hydroxyl groups excluding tert-OH is 1. The fourth-order valence-electron chi connectivity index (χ4n) is 3.20. The zero-order valence-electron chi connectivity index (χ0n) is 13.3. The first-order chi connectivity index (χ1) is 10.1. The van der Waals surface area contributed by atoms with E-state index >= 15 is 0 Å². The summed E-state index contributed by atoms with van der Waals surface area (Å²) in [7, 11) is 0. The van der Waals surface area contributed by atoms with Crippen molar-refractivity contribution < 1.29 is 5.11 Å². The SMILES string of the molecule is CCC(CC)C1(C)C=CC=C(C(O)c2ccccc2)C=C1. The van der Waals surface area contributed by atoms with E-state index in [1.54, 1.807) is 0 Å². The Balaban J connectivity index is 2.23. The molecule has 1 aliphatic rings. The molecule has 2 rings (SSSR count). The topological polar surface area (TPSA) is 20.2 Å². The Morgan fingerprint density at radius 3 is 2.33 bits per heavy atom. The maximum absolute atomic E-state index is 10.5. The monoisotopic (exact) mass is 282 g/mol. The fourth-order valence-corrected chi connectivity index (χ4v) is 3.20. The van der Waals surface area contributed by atoms with Gasteiger partial charge < -0.3 is 5.11 Å². The van der Waals surface area contributed by atoms with Crippen LogP contribution in [0.1, 0.15) is 45.3 Å². The van der Waals surface area contributed by atoms with Gasteiger partial charge in [0.2, 0.25) is 0 Å². The highest BCUT2D eigenvalue weighted by Crippen LogP contribution is 2.38. The van der Waals surface area contributed by atoms with Gasteiger partial charge in [0.15, 0.2) is 0 Å². The minimum absolute atomic E-state index is 0.0676. The summed E-state index contributed by atoms with van der Waals surface area (Å²) in [5, 5.41) is 10.5. The maximum atomic E-state index is 10.5. The Kier molecular flexibility index (Phi) is 5.19. The third kappa shape index (κ3) is 3.54. The van der Waals surface area contributed by atoms with Crippen LogP contribution in [0.4, 0.5) is 0 Å². The lowest BCUT2D eigenvalue weighted by Crippen LogP contribution is -2.21. The Labute approximate surface area is 128 Å². The Morgan fingerprint density at radius 1 is 1.05 bits per heavy atom. The molecule has 1 aromatic rings. The number of hydrogen-bond acceptors (Lipinski definition) is 1. The molecule has 1 aromatic carbocycles. The highest BCUT2D eigenvalue weighted by molar-refractivity contribution is 5.38. The van der Waals surface area contributed by atoms with Gasteiger partial charge in [0, 0.05) is 5.41 Å². The molecule has 0 heterocycles. The van der Waals surface area contributed by atoms with E-state index in [0.717, 1.165) is 24.0 Å². The quantitative estimate of drug-likeness (QED) is 0.785. The smallest absolute Gasteiger partial charge is 0.104 e. The second-order valence-electron chi connectivity index (χ2n) is 6.05. The summed E-state index contributed by atoms with van der Waals surface area (Å²) >= 11 is 0. The van der Waals surface area contributed by atoms with E-state index < -0.39 is 6.10 Å². The van der Waals surface area contributed by atoms with Crippen LogP contribution in [0.25, 0.3) is 0 Å². The van der Waals surface area contributed by atoms with Crippen LogP contribution in [0.15, 0.2) is 66.3 Å². The largest absolute Gasteiger partial charge is 0.384 e. The van der Waals surface area contributed by atoms with Gasteiger partial charge in [-0.3, -0.25) is 0 Å². The van der Waals surface area contributed by atoms with Crippen LogP contribution in [0.5, 0.6) is 0 Å². The van der Waals surface area contributed by atoms with E-state index in [4.69, 9.17) is 0 Å². The van der Waals surface area contributed by atoms with Gasteiger partial charge in [-0.1, -0.05) is 94.3 Å². The van der Waals surface area contributed by atoms with Gasteiger partial charge in [-0.25, -0.2) is 0 Å². The minimum atomic E-state index is -0.559. The average Bonchev–Trinajstić information content (AvgIpc) is 2.71. The number of rotatable bonds is 5. The molecule has 0 bridgehead atoms. The molecule has 1 nitrogen and oxygen atoms in total. The van der Waals surface area contributed by atoms with Crippen molar-refractivity contribution in [3.8, 4) is 0 Å². The first kappa shape index (κ1) is 15.8. The van der Waals surface area contributed by atoms with Gasteiger partial charge in [-0.05, 0) is 17.1 Å². The molecule has 1 N–H and O–H groups in total. The van der Waals surface area contributed by atoms with Gasteiger partial charge >= 0.3 is 0 Å². The van der Waals surface area contributed by atoms with Crippen molar-refractivity contribution in [3.63, 3.8) is 0 Å². The Hall–Kier alpha value is -1.60. The van der Waals surface area contributed by atoms with Crippen LogP contribution in [0.2, 0.25) is 0 Å². The lowest BCUT2D eigenvalue weighted by molar-refractivity contribution is 0.219. The van der Waals surface area contributed by atoms with E-state index in [1.165, 1.54) is 0 Å². The predicted molar refractivity (Wildman–Crippen MR) is 89.9 cm³/mol. The molecule has 21 heavy (non-hydrogen) atoms. The zero-order valence-corrected chi connectivity index (χ0v) is 13.3. The van der Waals surface area contributed by atoms with Gasteiger partial charge in [-0.15, -0.1) is 0 Å². The van der Waals surface area contributed by atoms with E-state index in [0.29, 0.717) is 5.92 Å². The lowest BCUT2D eigenvalue weighted by Gasteiger charge is -2.31. The summed E-state index contributed by atoms with van der Waals surface area (Å²) in [4.78, 5) is 0. The van der Waals surface area contributed by atoms with Crippen molar-refractivity contribution >= 4 is 0 Å². The standard InChI is InChI=1S/C20H26O/c1-4-18(5-2)20(3)14-9-12-17(13-15-20)19(21)16-10-7-6-8-11-16/h6-15,18-19,21H,4-5H2,1-3H3. The third-order valence-corrected chi connectivity index (χ3v) is 4.68. The molecule has 1 heteroatoms. The molecule has 2 unspecified atom stereocenters. The van der Waals surface area contributed by atoms with Crippen LogP contribution < -0.4 is 0 Å². The summed E-state index contributed by atoms with van der Waals surface area (Å²) < 4.78 is 0. The van der Waals surface area contributed by atoms with Gasteiger partial charge in [0.1, 0.15) is 6.10 Å². The van der Waals surface area contributed by atoms with Gasteiger partial charge in [0.25, 0.3) is 0 Å². The van der Waals surface area contributed by atoms with Crippen LogP contribution in [0, 0.1) is 11.3 Å². The van der Waals surface area contributed by atoms with Crippen molar-refractivity contribution in [1.29, 1.82) is 0 Å². The first-order valence-electron chi connectivity index (χ1n) is 7.92. The summed E-state index contributed by atoms with van der Waals surface area (Å²) in [5.41, 5.74) is 1.96. The summed E-state index contributed by atoms with van der Waals surface area (Å²) in [6.07, 6.45) is 12.5. The van der Waals surface area contributed by atoms with E-state index in [9.17, 15) is 5.11 Å². The maximum Gasteiger partial charge on any atom is 0.104 e. The molecule has 0 spiro atoms. The second-order valence-corrected chi connectivity index (χ2v) is 6.05. The molecule has 0 aliphatic heterocycles. The van der Waals surface area contributed by atoms with Crippen molar-refractivity contribution in [3.05, 3.63) is 71.8 Å². The summed E-state index contributed by atoms with van der Waals surface area (Å²) in [6.45, 7) is 6.78. The molecule has 0 radical (unpaired) electrons. The molecule has 2 atom stereocenters. The zero-order chi connectivity index (χ0) is 15.3. The van der Waals surface area contributed by atoms with Crippen molar-refractivity contribution in [2.45, 2.75) is 39.7 Å². The molecule has 1 aliphatic carbocycles. The lowest BCUT2D eigenvalue weighted by atomic mass is 9.74. The summed E-state index contributed by atoms with van der Waals surface area (Å²) in [6, 6.07) is 9.83. The molecular formula is C20H26O. The van der Waals surface area contributed by atoms with Crippen LogP contribution in [-0.2, 0) is 0 Å². The fraction of sp³-hybridized carbons (Fsp3) is 0.400. The number of hydrogen-bond donors (Lipinski definition) is 1. The molecule has 0 saturated heterocycles. The molecule has 112 valence electrons. The summed E-state index contributed by atoms with van der Waals surface area (Å²) in [5.74, 6) is 0.631. The van der Waals surface area contributed by atoms with Crippen molar-refractivity contribution in [2.24, 2.45) is 11.3 Å². The number of allylic oxidation sites excluding steroid dienone is 4. The predicted octanol–water partition coefficient (Wildman–Crippen LogP) is 5.21. The highest BCUT2D eigenvalue weighted by atomic mass is 16.3. The van der Waals surface area contributed by atoms with E-state index in [1.807, 2.05) is 36.4 Å². The molecule has 0 saturated carbocycles. The van der Waals surface area contributed by atoms with Crippen molar-refractivity contribution in [2.75, 3.05) is 0 Å². The third-order valence-electron chi connectivity index (χ3n) is 4.68. The first-order valence-corrected chi connectivity index (χ1v) is 7.92. The average molecular weight is 282 g/mol. The van der Waals surface area contributed by atoms with Crippen LogP contribution in [-0.4, -0.2) is 5.11 Å². The van der Waals surface area contributed by atoms with E-state index in [2.05, 4.69) is 45.1 Å². The Morgan fingerprint density at radius 2 is 1.71 bits per heavy atom. The van der Waals surface area contributed by atoms with Gasteiger partial charge in [-0.2, -0.15) is 0 Å². The van der Waals surface area contributed by atoms with Gasteiger partial charge in [0.05, 0.1) is 0 Å². The molecule has 0 fully saturated rings. The normalized spacial score (nSPS) is 23.0. The second kappa shape index (κ2) is 6.91. The Bertz CT molecular complexity index is 534. The molecule has 0 aromatic heterocycles. The van der Waals surface area contributed by atoms with Crippen LogP contribution in [0.3, 0.4) is 0 Å². The van der Waals surface area contributed by atoms with Crippen LogP contribution >= 0.6 is 0 Å². The minimum Gasteiger partial charge on any atom is -0.384 e. The number of aliphatic hydroxyl groups is 1. The molecular weight excluding hydrogens is 256 g/mol. The van der Waals surface area contributed by atoms with Crippen molar-refractivity contribution in [1.82, 2.24) is 0 Å². The van der Waals surface area contributed by atoms with E-state index in [-0.39, 0.29) is 5.41 Å².